The third-order valence-electron chi connectivity index (χ3n) is 6.43. The van der Waals surface area contributed by atoms with Gasteiger partial charge in [-0.3, -0.25) is 14.4 Å². The van der Waals surface area contributed by atoms with Crippen LogP contribution in [-0.4, -0.2) is 60.7 Å². The van der Waals surface area contributed by atoms with E-state index in [4.69, 9.17) is 0 Å². The standard InChI is InChI=1S/C26H30N4O3/c1-17-5-11-22(12-6-17)30-25(32)23(19-7-9-20(10-8-19)27-18(2)31)24(26(30)33)29(4)21-13-15-28(3)16-14-21/h5-12,21H,13-16H2,1-4H3,(H,27,31). The van der Waals surface area contributed by atoms with Crippen molar-refractivity contribution in [3.63, 3.8) is 0 Å². The Labute approximate surface area is 194 Å². The number of amides is 3. The maximum absolute atomic E-state index is 13.7. The van der Waals surface area contributed by atoms with Crippen molar-refractivity contribution in [2.45, 2.75) is 32.7 Å². The van der Waals surface area contributed by atoms with Gasteiger partial charge in [-0.2, -0.15) is 0 Å². The van der Waals surface area contributed by atoms with Crippen molar-refractivity contribution in [3.8, 4) is 0 Å². The maximum Gasteiger partial charge on any atom is 0.282 e. The van der Waals surface area contributed by atoms with E-state index in [1.54, 1.807) is 36.4 Å². The summed E-state index contributed by atoms with van der Waals surface area (Å²) in [6.45, 7) is 5.32. The second-order valence-electron chi connectivity index (χ2n) is 8.91. The molecule has 2 heterocycles. The van der Waals surface area contributed by atoms with Crippen LogP contribution in [0.25, 0.3) is 5.57 Å². The van der Waals surface area contributed by atoms with Crippen LogP contribution in [0.2, 0.25) is 0 Å². The second-order valence-corrected chi connectivity index (χ2v) is 8.91. The summed E-state index contributed by atoms with van der Waals surface area (Å²) < 4.78 is 0. The molecule has 0 spiro atoms. The van der Waals surface area contributed by atoms with Gasteiger partial charge < -0.3 is 15.1 Å². The Morgan fingerprint density at radius 1 is 0.970 bits per heavy atom. The number of rotatable bonds is 5. The van der Waals surface area contributed by atoms with Crippen LogP contribution in [0.1, 0.15) is 30.9 Å². The number of anilines is 2. The summed E-state index contributed by atoms with van der Waals surface area (Å²) >= 11 is 0. The van der Waals surface area contributed by atoms with E-state index in [1.165, 1.54) is 11.8 Å². The molecule has 172 valence electrons. The fraction of sp³-hybridized carbons (Fsp3) is 0.346. The molecule has 0 aromatic heterocycles. The molecule has 1 saturated heterocycles. The number of hydrogen-bond acceptors (Lipinski definition) is 5. The second kappa shape index (κ2) is 9.19. The Balaban J connectivity index is 1.75. The lowest BCUT2D eigenvalue weighted by Gasteiger charge is -2.36. The topological polar surface area (TPSA) is 73.0 Å². The average Bonchev–Trinajstić information content (AvgIpc) is 3.04. The van der Waals surface area contributed by atoms with Gasteiger partial charge in [-0.25, -0.2) is 4.90 Å². The van der Waals surface area contributed by atoms with Crippen LogP contribution < -0.4 is 10.2 Å². The van der Waals surface area contributed by atoms with E-state index >= 15 is 0 Å². The number of likely N-dealkylation sites (tertiary alicyclic amines) is 1. The summed E-state index contributed by atoms with van der Waals surface area (Å²) in [5.74, 6) is -0.792. The normalized spacial score (nSPS) is 17.6. The van der Waals surface area contributed by atoms with Crippen molar-refractivity contribution in [3.05, 3.63) is 65.4 Å². The summed E-state index contributed by atoms with van der Waals surface area (Å²) in [6, 6.07) is 14.7. The zero-order valence-corrected chi connectivity index (χ0v) is 19.6. The molecule has 2 aliphatic heterocycles. The Morgan fingerprint density at radius 2 is 1.58 bits per heavy atom. The van der Waals surface area contributed by atoms with E-state index in [-0.39, 0.29) is 23.8 Å². The Morgan fingerprint density at radius 3 is 2.15 bits per heavy atom. The predicted octanol–water partition coefficient (Wildman–Crippen LogP) is 3.26. The minimum atomic E-state index is -0.328. The molecule has 0 atom stereocenters. The summed E-state index contributed by atoms with van der Waals surface area (Å²) in [5, 5.41) is 2.74. The van der Waals surface area contributed by atoms with Gasteiger partial charge >= 0.3 is 0 Å². The van der Waals surface area contributed by atoms with E-state index < -0.39 is 0 Å². The number of carbonyl (C=O) groups is 3. The molecule has 2 aliphatic rings. The fourth-order valence-electron chi connectivity index (χ4n) is 4.52. The van der Waals surface area contributed by atoms with E-state index in [9.17, 15) is 14.4 Å². The van der Waals surface area contributed by atoms with Crippen molar-refractivity contribution in [2.24, 2.45) is 0 Å². The number of likely N-dealkylation sites (N-methyl/N-ethyl adjacent to an activating group) is 1. The molecule has 0 saturated carbocycles. The largest absolute Gasteiger partial charge is 0.366 e. The summed E-state index contributed by atoms with van der Waals surface area (Å²) in [6.07, 6.45) is 1.86. The number of aryl methyl sites for hydroxylation is 1. The highest BCUT2D eigenvalue weighted by Crippen LogP contribution is 2.36. The van der Waals surface area contributed by atoms with Crippen LogP contribution in [0.3, 0.4) is 0 Å². The van der Waals surface area contributed by atoms with Gasteiger partial charge in [0.2, 0.25) is 5.91 Å². The lowest BCUT2D eigenvalue weighted by Crippen LogP contribution is -2.43. The third kappa shape index (κ3) is 4.54. The van der Waals surface area contributed by atoms with Gasteiger partial charge in [0.25, 0.3) is 11.8 Å². The molecule has 7 nitrogen and oxygen atoms in total. The van der Waals surface area contributed by atoms with Crippen molar-refractivity contribution in [1.29, 1.82) is 0 Å². The SMILES string of the molecule is CC(=O)Nc1ccc(C2=C(N(C)C3CCN(C)CC3)C(=O)N(c3ccc(C)cc3)C2=O)cc1. The lowest BCUT2D eigenvalue weighted by molar-refractivity contribution is -0.121. The minimum absolute atomic E-state index is 0.165. The first kappa shape index (κ1) is 22.7. The van der Waals surface area contributed by atoms with Gasteiger partial charge in [-0.1, -0.05) is 29.8 Å². The van der Waals surface area contributed by atoms with Crippen LogP contribution in [0.5, 0.6) is 0 Å². The summed E-state index contributed by atoms with van der Waals surface area (Å²) in [5.41, 5.74) is 3.76. The number of imide groups is 1. The van der Waals surface area contributed by atoms with Crippen molar-refractivity contribution in [1.82, 2.24) is 9.80 Å². The molecule has 4 rings (SSSR count). The molecule has 1 fully saturated rings. The third-order valence-corrected chi connectivity index (χ3v) is 6.43. The van der Waals surface area contributed by atoms with Gasteiger partial charge in [0, 0.05) is 25.7 Å². The first-order valence-electron chi connectivity index (χ1n) is 11.3. The zero-order chi connectivity index (χ0) is 23.7. The molecule has 2 aromatic rings. The molecular formula is C26H30N4O3. The first-order chi connectivity index (χ1) is 15.8. The molecule has 0 bridgehead atoms. The van der Waals surface area contributed by atoms with E-state index in [2.05, 4.69) is 17.3 Å². The highest BCUT2D eigenvalue weighted by molar-refractivity contribution is 6.45. The highest BCUT2D eigenvalue weighted by atomic mass is 16.2. The van der Waals surface area contributed by atoms with Gasteiger partial charge in [0.05, 0.1) is 11.3 Å². The summed E-state index contributed by atoms with van der Waals surface area (Å²) in [4.78, 5) is 44.3. The Hall–Kier alpha value is -3.45. The van der Waals surface area contributed by atoms with Crippen LogP contribution in [0.15, 0.2) is 54.2 Å². The van der Waals surface area contributed by atoms with Crippen LogP contribution >= 0.6 is 0 Å². The number of carbonyl (C=O) groups excluding carboxylic acids is 3. The van der Waals surface area contributed by atoms with E-state index in [1.807, 2.05) is 31.0 Å². The molecule has 33 heavy (non-hydrogen) atoms. The Bertz CT molecular complexity index is 1100. The molecule has 0 unspecified atom stereocenters. The Kier molecular flexibility index (Phi) is 6.33. The number of nitrogens with one attached hydrogen (secondary N) is 1. The van der Waals surface area contributed by atoms with Crippen molar-refractivity contribution in [2.75, 3.05) is 37.4 Å². The molecule has 7 heteroatoms. The smallest absolute Gasteiger partial charge is 0.282 e. The maximum atomic E-state index is 13.7. The number of piperidine rings is 1. The molecular weight excluding hydrogens is 416 g/mol. The lowest BCUT2D eigenvalue weighted by atomic mass is 10.00. The van der Waals surface area contributed by atoms with Crippen molar-refractivity contribution < 1.29 is 14.4 Å². The fourth-order valence-corrected chi connectivity index (χ4v) is 4.52. The molecule has 3 amide bonds. The number of benzene rings is 2. The van der Waals surface area contributed by atoms with Gasteiger partial charge in [-0.05, 0) is 69.7 Å². The van der Waals surface area contributed by atoms with E-state index in [0.717, 1.165) is 31.5 Å². The number of nitrogens with zero attached hydrogens (tertiary/aromatic N) is 3. The van der Waals surface area contributed by atoms with Gasteiger partial charge in [0.15, 0.2) is 0 Å². The highest BCUT2D eigenvalue weighted by Gasteiger charge is 2.43. The molecule has 1 N–H and O–H groups in total. The minimum Gasteiger partial charge on any atom is -0.366 e. The molecule has 2 aromatic carbocycles. The molecule has 0 aliphatic carbocycles. The van der Waals surface area contributed by atoms with Crippen LogP contribution in [0, 0.1) is 6.92 Å². The monoisotopic (exact) mass is 446 g/mol. The quantitative estimate of drug-likeness (QED) is 0.714. The van der Waals surface area contributed by atoms with Crippen LogP contribution in [0.4, 0.5) is 11.4 Å². The molecule has 0 radical (unpaired) electrons. The predicted molar refractivity (Wildman–Crippen MR) is 130 cm³/mol. The average molecular weight is 447 g/mol. The van der Waals surface area contributed by atoms with Crippen molar-refractivity contribution >= 4 is 34.7 Å². The van der Waals surface area contributed by atoms with Gasteiger partial charge in [0.1, 0.15) is 5.70 Å². The van der Waals surface area contributed by atoms with Gasteiger partial charge in [-0.15, -0.1) is 0 Å². The number of hydrogen-bond donors (Lipinski definition) is 1. The zero-order valence-electron chi connectivity index (χ0n) is 19.6. The van der Waals surface area contributed by atoms with E-state index in [0.29, 0.717) is 28.2 Å². The summed E-state index contributed by atoms with van der Waals surface area (Å²) in [7, 11) is 4.02. The first-order valence-corrected chi connectivity index (χ1v) is 11.3. The van der Waals surface area contributed by atoms with Crippen LogP contribution in [-0.2, 0) is 14.4 Å².